The Kier molecular flexibility index (Phi) is 2.02. The minimum atomic E-state index is 0.174. The lowest BCUT2D eigenvalue weighted by molar-refractivity contribution is -0.119. The van der Waals surface area contributed by atoms with Crippen LogP contribution in [0.4, 0.5) is 0 Å². The van der Waals surface area contributed by atoms with Crippen molar-refractivity contribution < 1.29 is 9.32 Å². The number of ketones is 1. The topological polar surface area (TPSA) is 97.6 Å². The summed E-state index contributed by atoms with van der Waals surface area (Å²) in [5.74, 6) is 1.49. The van der Waals surface area contributed by atoms with E-state index in [1.165, 1.54) is 6.33 Å². The molecule has 1 aliphatic rings. The Hall–Kier alpha value is -2.05. The zero-order chi connectivity index (χ0) is 11.0. The van der Waals surface area contributed by atoms with E-state index in [2.05, 4.69) is 25.3 Å². The highest BCUT2D eigenvalue weighted by atomic mass is 16.5. The van der Waals surface area contributed by atoms with Crippen molar-refractivity contribution in [2.75, 3.05) is 0 Å². The van der Waals surface area contributed by atoms with Gasteiger partial charge in [-0.05, 0) is 12.8 Å². The van der Waals surface area contributed by atoms with E-state index >= 15 is 0 Å². The molecular formula is C9H9N5O2. The van der Waals surface area contributed by atoms with Crippen molar-refractivity contribution in [3.63, 3.8) is 0 Å². The van der Waals surface area contributed by atoms with Gasteiger partial charge in [-0.25, -0.2) is 4.98 Å². The minimum Gasteiger partial charge on any atom is -0.338 e. The molecule has 0 radical (unpaired) electrons. The van der Waals surface area contributed by atoms with Crippen LogP contribution in [0.25, 0.3) is 11.6 Å². The number of rotatable bonds is 4. The summed E-state index contributed by atoms with van der Waals surface area (Å²) in [7, 11) is 0. The highest BCUT2D eigenvalue weighted by molar-refractivity contribution is 5.84. The maximum atomic E-state index is 11.5. The van der Waals surface area contributed by atoms with Crippen LogP contribution in [0.5, 0.6) is 0 Å². The fourth-order valence-corrected chi connectivity index (χ4v) is 1.43. The zero-order valence-corrected chi connectivity index (χ0v) is 8.38. The number of aromatic nitrogens is 5. The standard InChI is InChI=1S/C9H9N5O2/c15-6(5-1-2-5)3-7-12-9(14-16-7)8-10-4-11-13-8/h4-5H,1-3H2,(H,10,11,13). The summed E-state index contributed by atoms with van der Waals surface area (Å²) in [6.07, 6.45) is 3.55. The Bertz CT molecular complexity index is 500. The maximum absolute atomic E-state index is 11.5. The van der Waals surface area contributed by atoms with Gasteiger partial charge in [0.1, 0.15) is 12.1 Å². The van der Waals surface area contributed by atoms with E-state index in [-0.39, 0.29) is 18.1 Å². The molecule has 1 N–H and O–H groups in total. The van der Waals surface area contributed by atoms with Crippen LogP contribution in [0.1, 0.15) is 18.7 Å². The number of hydrogen-bond donors (Lipinski definition) is 1. The van der Waals surface area contributed by atoms with Crippen LogP contribution in [0.2, 0.25) is 0 Å². The van der Waals surface area contributed by atoms with Crippen LogP contribution in [0, 0.1) is 5.92 Å². The molecule has 7 nitrogen and oxygen atoms in total. The highest BCUT2D eigenvalue weighted by Crippen LogP contribution is 2.30. The molecule has 1 aliphatic carbocycles. The minimum absolute atomic E-state index is 0.174. The van der Waals surface area contributed by atoms with Gasteiger partial charge in [-0.2, -0.15) is 10.1 Å². The van der Waals surface area contributed by atoms with Crippen LogP contribution in [-0.4, -0.2) is 31.1 Å². The second-order valence-electron chi connectivity index (χ2n) is 3.76. The molecule has 82 valence electrons. The summed E-state index contributed by atoms with van der Waals surface area (Å²) in [6.45, 7) is 0. The summed E-state index contributed by atoms with van der Waals surface area (Å²) in [5.41, 5.74) is 0. The molecule has 1 saturated carbocycles. The van der Waals surface area contributed by atoms with Gasteiger partial charge in [0.2, 0.25) is 11.7 Å². The van der Waals surface area contributed by atoms with Crippen molar-refractivity contribution in [1.29, 1.82) is 0 Å². The highest BCUT2D eigenvalue weighted by Gasteiger charge is 2.30. The maximum Gasteiger partial charge on any atom is 0.239 e. The Morgan fingerprint density at radius 1 is 1.56 bits per heavy atom. The molecular weight excluding hydrogens is 210 g/mol. The predicted octanol–water partition coefficient (Wildman–Crippen LogP) is 0.376. The second-order valence-corrected chi connectivity index (χ2v) is 3.76. The number of carbonyl (C=O) groups excluding carboxylic acids is 1. The normalized spacial score (nSPS) is 15.2. The molecule has 0 bridgehead atoms. The van der Waals surface area contributed by atoms with Gasteiger partial charge in [-0.1, -0.05) is 5.16 Å². The molecule has 16 heavy (non-hydrogen) atoms. The summed E-state index contributed by atoms with van der Waals surface area (Å²) < 4.78 is 4.97. The molecule has 0 unspecified atom stereocenters. The molecule has 2 aromatic heterocycles. The predicted molar refractivity (Wildman–Crippen MR) is 51.1 cm³/mol. The first-order valence-electron chi connectivity index (χ1n) is 5.04. The molecule has 0 atom stereocenters. The fraction of sp³-hybridized carbons (Fsp3) is 0.444. The molecule has 0 spiro atoms. The molecule has 2 heterocycles. The Morgan fingerprint density at radius 3 is 3.12 bits per heavy atom. The number of H-pyrrole nitrogens is 1. The van der Waals surface area contributed by atoms with Crippen molar-refractivity contribution >= 4 is 5.78 Å². The van der Waals surface area contributed by atoms with Crippen LogP contribution >= 0.6 is 0 Å². The zero-order valence-electron chi connectivity index (χ0n) is 8.38. The average molecular weight is 219 g/mol. The summed E-state index contributed by atoms with van der Waals surface area (Å²) in [4.78, 5) is 19.5. The number of carbonyl (C=O) groups is 1. The van der Waals surface area contributed by atoms with Crippen molar-refractivity contribution in [2.45, 2.75) is 19.3 Å². The molecule has 0 aromatic carbocycles. The Labute approximate surface area is 90.3 Å². The van der Waals surface area contributed by atoms with Gasteiger partial charge in [-0.15, -0.1) is 0 Å². The van der Waals surface area contributed by atoms with Gasteiger partial charge < -0.3 is 4.52 Å². The lowest BCUT2D eigenvalue weighted by Gasteiger charge is -1.90. The van der Waals surface area contributed by atoms with E-state index < -0.39 is 0 Å². The van der Waals surface area contributed by atoms with E-state index in [1.807, 2.05) is 0 Å². The quantitative estimate of drug-likeness (QED) is 0.798. The third-order valence-electron chi connectivity index (χ3n) is 2.45. The first-order valence-corrected chi connectivity index (χ1v) is 5.04. The van der Waals surface area contributed by atoms with Gasteiger partial charge in [0, 0.05) is 5.92 Å². The number of nitrogens with zero attached hydrogens (tertiary/aromatic N) is 4. The third kappa shape index (κ3) is 1.71. The van der Waals surface area contributed by atoms with Crippen LogP contribution in [-0.2, 0) is 11.2 Å². The van der Waals surface area contributed by atoms with Gasteiger partial charge in [0.05, 0.1) is 6.42 Å². The van der Waals surface area contributed by atoms with Gasteiger partial charge in [0.15, 0.2) is 5.82 Å². The molecule has 0 amide bonds. The summed E-state index contributed by atoms with van der Waals surface area (Å²) in [6, 6.07) is 0. The third-order valence-corrected chi connectivity index (χ3v) is 2.45. The van der Waals surface area contributed by atoms with E-state index in [9.17, 15) is 4.79 Å². The van der Waals surface area contributed by atoms with E-state index in [4.69, 9.17) is 4.52 Å². The average Bonchev–Trinajstić information content (AvgIpc) is 2.80. The van der Waals surface area contributed by atoms with Crippen LogP contribution in [0.3, 0.4) is 0 Å². The number of hydrogen-bond acceptors (Lipinski definition) is 6. The van der Waals surface area contributed by atoms with Crippen molar-refractivity contribution in [3.05, 3.63) is 12.2 Å². The second kappa shape index (κ2) is 3.51. The molecule has 3 rings (SSSR count). The van der Waals surface area contributed by atoms with Crippen molar-refractivity contribution in [2.24, 2.45) is 5.92 Å². The first kappa shape index (κ1) is 9.20. The molecule has 2 aromatic rings. The van der Waals surface area contributed by atoms with Gasteiger partial charge in [-0.3, -0.25) is 9.89 Å². The summed E-state index contributed by atoms with van der Waals surface area (Å²) in [5, 5.41) is 10.0. The monoisotopic (exact) mass is 219 g/mol. The van der Waals surface area contributed by atoms with Crippen molar-refractivity contribution in [1.82, 2.24) is 25.3 Å². The van der Waals surface area contributed by atoms with Crippen LogP contribution < -0.4 is 0 Å². The molecule has 0 saturated heterocycles. The summed E-state index contributed by atoms with van der Waals surface area (Å²) >= 11 is 0. The lowest BCUT2D eigenvalue weighted by atomic mass is 10.2. The Balaban J connectivity index is 1.75. The fourth-order valence-electron chi connectivity index (χ4n) is 1.43. The van der Waals surface area contributed by atoms with Gasteiger partial charge in [0.25, 0.3) is 0 Å². The largest absolute Gasteiger partial charge is 0.338 e. The smallest absolute Gasteiger partial charge is 0.239 e. The van der Waals surface area contributed by atoms with E-state index in [0.29, 0.717) is 17.5 Å². The van der Waals surface area contributed by atoms with E-state index in [0.717, 1.165) is 12.8 Å². The SMILES string of the molecule is O=C(Cc1nc(-c2ncn[nH]2)no1)C1CC1. The number of nitrogens with one attached hydrogen (secondary N) is 1. The van der Waals surface area contributed by atoms with Crippen molar-refractivity contribution in [3.8, 4) is 11.6 Å². The van der Waals surface area contributed by atoms with E-state index in [1.54, 1.807) is 0 Å². The number of Topliss-reactive ketones (excluding diaryl/α,β-unsaturated/α-hetero) is 1. The van der Waals surface area contributed by atoms with Gasteiger partial charge >= 0.3 is 0 Å². The Morgan fingerprint density at radius 2 is 2.44 bits per heavy atom. The molecule has 1 fully saturated rings. The lowest BCUT2D eigenvalue weighted by Crippen LogP contribution is -2.04. The molecule has 7 heteroatoms. The van der Waals surface area contributed by atoms with Crippen LogP contribution in [0.15, 0.2) is 10.9 Å². The number of aromatic amines is 1. The molecule has 0 aliphatic heterocycles. The first-order chi connectivity index (χ1) is 7.83.